The van der Waals surface area contributed by atoms with Gasteiger partial charge in [0.2, 0.25) is 0 Å². The first-order valence-electron chi connectivity index (χ1n) is 20.3. The molecule has 0 aliphatic heterocycles. The quantitative estimate of drug-likeness (QED) is 0.266. The summed E-state index contributed by atoms with van der Waals surface area (Å²) >= 11 is 0. The third kappa shape index (κ3) is 12.0. The number of hydrogen-bond donors (Lipinski definition) is 0. The minimum Gasteiger partial charge on any atom is -1.00 e. The molecule has 42 heavy (non-hydrogen) atoms. The topological polar surface area (TPSA) is 0 Å². The summed E-state index contributed by atoms with van der Waals surface area (Å²) in [5, 5.41) is 0. The lowest BCUT2D eigenvalue weighted by Crippen LogP contribution is -3.00. The van der Waals surface area contributed by atoms with Crippen molar-refractivity contribution in [2.75, 3.05) is 0 Å². The van der Waals surface area contributed by atoms with E-state index in [9.17, 15) is 0 Å². The van der Waals surface area contributed by atoms with Gasteiger partial charge in [-0.1, -0.05) is 128 Å². The van der Waals surface area contributed by atoms with Crippen molar-refractivity contribution in [2.24, 2.45) is 0 Å². The third-order valence-electron chi connectivity index (χ3n) is 12.8. The van der Waals surface area contributed by atoms with E-state index in [2.05, 4.69) is 0 Å². The van der Waals surface area contributed by atoms with Crippen molar-refractivity contribution in [3.63, 3.8) is 0 Å². The van der Waals surface area contributed by atoms with Crippen LogP contribution in [0, 0.1) is 0 Å². The summed E-state index contributed by atoms with van der Waals surface area (Å²) in [7, 11) is 0. The molecule has 2 heteroatoms. The zero-order valence-corrected chi connectivity index (χ0v) is 30.2. The summed E-state index contributed by atoms with van der Waals surface area (Å²) in [5.41, 5.74) is 0. The van der Waals surface area contributed by atoms with Gasteiger partial charge in [0, 0.05) is 0 Å². The average molecular weight is 651 g/mol. The highest BCUT2D eigenvalue weighted by atomic mass is 79.9. The number of hydrogen-bond acceptors (Lipinski definition) is 0. The highest BCUT2D eigenvalue weighted by Gasteiger charge is 2.52. The summed E-state index contributed by atoms with van der Waals surface area (Å²) in [6, 6.07) is 3.90. The SMILES string of the molecule is C1CCCCC([N+](C2CCCCCCCCC2)(C2CCCCCCCCC2)C2CCCCCCCCC2)CCCC1.[Br-]. The van der Waals surface area contributed by atoms with Crippen molar-refractivity contribution in [1.82, 2.24) is 0 Å². The molecular formula is C40H76BrN. The molecule has 0 bridgehead atoms. The van der Waals surface area contributed by atoms with Crippen molar-refractivity contribution >= 4 is 0 Å². The zero-order valence-electron chi connectivity index (χ0n) is 28.6. The minimum atomic E-state index is 0. The molecule has 4 saturated carbocycles. The molecule has 0 aromatic heterocycles. The summed E-state index contributed by atoms with van der Waals surface area (Å²) in [4.78, 5) is 0. The van der Waals surface area contributed by atoms with Gasteiger partial charge in [-0.2, -0.15) is 0 Å². The van der Waals surface area contributed by atoms with Gasteiger partial charge in [0.15, 0.2) is 0 Å². The van der Waals surface area contributed by atoms with E-state index in [1.165, 1.54) is 180 Å². The van der Waals surface area contributed by atoms with Gasteiger partial charge in [0.05, 0.1) is 24.2 Å². The molecule has 0 amide bonds. The van der Waals surface area contributed by atoms with E-state index in [0.717, 1.165) is 24.2 Å². The molecule has 248 valence electrons. The molecule has 4 aliphatic carbocycles. The van der Waals surface area contributed by atoms with E-state index in [1.807, 2.05) is 0 Å². The van der Waals surface area contributed by atoms with Crippen LogP contribution in [-0.4, -0.2) is 28.7 Å². The number of rotatable bonds is 4. The molecule has 1 nitrogen and oxygen atoms in total. The molecule has 0 aromatic carbocycles. The highest BCUT2D eigenvalue weighted by Crippen LogP contribution is 2.45. The van der Waals surface area contributed by atoms with Crippen LogP contribution in [0.5, 0.6) is 0 Å². The first-order chi connectivity index (χ1) is 20.4. The lowest BCUT2D eigenvalue weighted by Gasteiger charge is -2.60. The van der Waals surface area contributed by atoms with Crippen molar-refractivity contribution < 1.29 is 21.5 Å². The maximum atomic E-state index is 1.67. The molecule has 4 fully saturated rings. The first kappa shape index (κ1) is 36.9. The van der Waals surface area contributed by atoms with Crippen LogP contribution in [0.4, 0.5) is 0 Å². The Hall–Kier alpha value is 0.440. The van der Waals surface area contributed by atoms with Crippen LogP contribution in [0.2, 0.25) is 0 Å². The van der Waals surface area contributed by atoms with Crippen LogP contribution >= 0.6 is 0 Å². The smallest absolute Gasteiger partial charge is 0.0896 e. The standard InChI is InChI=1S/C40H76N.BrH/c1-5-13-21-29-37(30-22-14-6-1)41(38-31-23-15-7-2-8-16-24-32-38,39-33-25-17-9-3-10-18-26-34-39)40-35-27-19-11-4-12-20-28-36-40;/h37-40H,1-36H2;1H/q+1;/p-1. The lowest BCUT2D eigenvalue weighted by atomic mass is 9.79. The van der Waals surface area contributed by atoms with Crippen LogP contribution in [0.25, 0.3) is 0 Å². The fraction of sp³-hybridized carbons (Fsp3) is 1.00. The number of quaternary nitrogens is 1. The van der Waals surface area contributed by atoms with E-state index in [-0.39, 0.29) is 17.0 Å². The van der Waals surface area contributed by atoms with E-state index in [0.29, 0.717) is 0 Å². The summed E-state index contributed by atoms with van der Waals surface area (Å²) in [6.07, 6.45) is 55.3. The molecule has 0 unspecified atom stereocenters. The van der Waals surface area contributed by atoms with Gasteiger partial charge in [-0.05, 0) is 103 Å². The molecular weight excluding hydrogens is 574 g/mol. The largest absolute Gasteiger partial charge is 1.00 e. The lowest BCUT2D eigenvalue weighted by molar-refractivity contribution is -1.02. The van der Waals surface area contributed by atoms with Crippen LogP contribution in [-0.2, 0) is 0 Å². The fourth-order valence-corrected chi connectivity index (χ4v) is 10.7. The molecule has 4 aliphatic rings. The maximum Gasteiger partial charge on any atom is 0.0896 e. The molecule has 0 heterocycles. The molecule has 0 N–H and O–H groups in total. The van der Waals surface area contributed by atoms with Gasteiger partial charge < -0.3 is 21.5 Å². The van der Waals surface area contributed by atoms with E-state index < -0.39 is 0 Å². The predicted octanol–water partition coefficient (Wildman–Crippen LogP) is 10.4. The van der Waals surface area contributed by atoms with Crippen molar-refractivity contribution in [1.29, 1.82) is 0 Å². The molecule has 0 atom stereocenters. The Morgan fingerprint density at radius 2 is 0.310 bits per heavy atom. The van der Waals surface area contributed by atoms with Gasteiger partial charge in [-0.3, -0.25) is 0 Å². The van der Waals surface area contributed by atoms with Gasteiger partial charge in [-0.25, -0.2) is 0 Å². The molecule has 0 radical (unpaired) electrons. The predicted molar refractivity (Wildman–Crippen MR) is 182 cm³/mol. The molecule has 0 saturated heterocycles. The number of nitrogens with zero attached hydrogens (tertiary/aromatic N) is 1. The Morgan fingerprint density at radius 1 is 0.190 bits per heavy atom. The van der Waals surface area contributed by atoms with Crippen molar-refractivity contribution in [2.45, 2.75) is 255 Å². The van der Waals surface area contributed by atoms with Gasteiger partial charge >= 0.3 is 0 Å². The molecule has 0 spiro atoms. The van der Waals surface area contributed by atoms with Crippen LogP contribution < -0.4 is 17.0 Å². The molecule has 4 rings (SSSR count). The van der Waals surface area contributed by atoms with Crippen LogP contribution in [0.3, 0.4) is 0 Å². The van der Waals surface area contributed by atoms with Crippen LogP contribution in [0.1, 0.15) is 231 Å². The summed E-state index contributed by atoms with van der Waals surface area (Å²) in [5.74, 6) is 0. The van der Waals surface area contributed by atoms with E-state index >= 15 is 0 Å². The normalized spacial score (nSPS) is 26.9. The van der Waals surface area contributed by atoms with E-state index in [1.54, 1.807) is 55.8 Å². The van der Waals surface area contributed by atoms with Crippen LogP contribution in [0.15, 0.2) is 0 Å². The van der Waals surface area contributed by atoms with Crippen molar-refractivity contribution in [3.8, 4) is 0 Å². The van der Waals surface area contributed by atoms with Gasteiger partial charge in [-0.15, -0.1) is 0 Å². The second kappa shape index (κ2) is 22.9. The second-order valence-electron chi connectivity index (χ2n) is 15.7. The summed E-state index contributed by atoms with van der Waals surface area (Å²) in [6.45, 7) is 0. The van der Waals surface area contributed by atoms with Gasteiger partial charge in [0.25, 0.3) is 0 Å². The minimum absolute atomic E-state index is 0. The fourth-order valence-electron chi connectivity index (χ4n) is 10.7. The highest BCUT2D eigenvalue weighted by molar-refractivity contribution is 4.82. The third-order valence-corrected chi connectivity index (χ3v) is 12.8. The van der Waals surface area contributed by atoms with Gasteiger partial charge in [0.1, 0.15) is 0 Å². The number of halogens is 1. The Balaban J connectivity index is 0.00000484. The maximum absolute atomic E-state index is 1.67. The monoisotopic (exact) mass is 650 g/mol. The second-order valence-corrected chi connectivity index (χ2v) is 15.7. The Labute approximate surface area is 275 Å². The first-order valence-corrected chi connectivity index (χ1v) is 20.3. The Bertz CT molecular complexity index is 484. The Morgan fingerprint density at radius 3 is 0.452 bits per heavy atom. The van der Waals surface area contributed by atoms with Crippen molar-refractivity contribution in [3.05, 3.63) is 0 Å². The Kier molecular flexibility index (Phi) is 20.1. The molecule has 0 aromatic rings. The average Bonchev–Trinajstić information content (AvgIpc) is 3.01. The summed E-state index contributed by atoms with van der Waals surface area (Å²) < 4.78 is 1.67. The zero-order chi connectivity index (χ0) is 28.3. The van der Waals surface area contributed by atoms with E-state index in [4.69, 9.17) is 0 Å².